The van der Waals surface area contributed by atoms with Crippen LogP contribution in [0.5, 0.6) is 0 Å². The molecule has 0 spiro atoms. The molecule has 0 amide bonds. The quantitative estimate of drug-likeness (QED) is 0.158. The molecule has 244 valence electrons. The highest BCUT2D eigenvalue weighted by Gasteiger charge is 2.16. The minimum absolute atomic E-state index is 0.944. The molecule has 0 unspecified atom stereocenters. The molecule has 9 aromatic carbocycles. The van der Waals surface area contributed by atoms with Gasteiger partial charge in [0.2, 0.25) is 0 Å². The fraction of sp³-hybridized carbons (Fsp3) is 0. The first-order chi connectivity index (χ1) is 25.8. The van der Waals surface area contributed by atoms with Crippen LogP contribution in [0.2, 0.25) is 0 Å². The van der Waals surface area contributed by atoms with Crippen molar-refractivity contribution < 1.29 is 4.42 Å². The van der Waals surface area contributed by atoms with Crippen molar-refractivity contribution in [2.75, 3.05) is 4.90 Å². The van der Waals surface area contributed by atoms with Crippen molar-refractivity contribution in [2.24, 2.45) is 0 Å². The molecule has 1 aromatic heterocycles. The maximum Gasteiger partial charge on any atom is 0.136 e. The van der Waals surface area contributed by atoms with Gasteiger partial charge in [-0.25, -0.2) is 0 Å². The summed E-state index contributed by atoms with van der Waals surface area (Å²) >= 11 is 0. The van der Waals surface area contributed by atoms with Gasteiger partial charge in [-0.1, -0.05) is 152 Å². The summed E-state index contributed by atoms with van der Waals surface area (Å²) in [5, 5.41) is 4.87. The Kier molecular flexibility index (Phi) is 7.18. The van der Waals surface area contributed by atoms with Crippen LogP contribution in [-0.4, -0.2) is 0 Å². The number of hydrogen-bond acceptors (Lipinski definition) is 2. The molecule has 0 saturated carbocycles. The van der Waals surface area contributed by atoms with Crippen molar-refractivity contribution in [1.29, 1.82) is 0 Å². The lowest BCUT2D eigenvalue weighted by molar-refractivity contribution is 0.669. The van der Waals surface area contributed by atoms with Crippen LogP contribution in [0.15, 0.2) is 205 Å². The van der Waals surface area contributed by atoms with Gasteiger partial charge < -0.3 is 9.32 Å². The molecular formula is C50H33NO. The molecule has 52 heavy (non-hydrogen) atoms. The van der Waals surface area contributed by atoms with Crippen molar-refractivity contribution in [3.63, 3.8) is 0 Å². The number of benzene rings is 9. The Balaban J connectivity index is 0.906. The zero-order valence-corrected chi connectivity index (χ0v) is 28.4. The lowest BCUT2D eigenvalue weighted by Gasteiger charge is -2.26. The van der Waals surface area contributed by atoms with Crippen molar-refractivity contribution in [1.82, 2.24) is 0 Å². The average molecular weight is 664 g/mol. The number of hydrogen-bond donors (Lipinski definition) is 0. The first-order valence-corrected chi connectivity index (χ1v) is 17.8. The highest BCUT2D eigenvalue weighted by molar-refractivity contribution is 6.24. The highest BCUT2D eigenvalue weighted by atomic mass is 16.3. The molecule has 0 aliphatic heterocycles. The van der Waals surface area contributed by atoms with Gasteiger partial charge in [-0.05, 0) is 104 Å². The molecule has 0 aliphatic carbocycles. The van der Waals surface area contributed by atoms with Crippen molar-refractivity contribution in [3.05, 3.63) is 200 Å². The average Bonchev–Trinajstić information content (AvgIpc) is 3.62. The zero-order valence-electron chi connectivity index (χ0n) is 28.4. The van der Waals surface area contributed by atoms with E-state index in [-0.39, 0.29) is 0 Å². The van der Waals surface area contributed by atoms with Gasteiger partial charge >= 0.3 is 0 Å². The lowest BCUT2D eigenvalue weighted by Crippen LogP contribution is -2.09. The fourth-order valence-electron chi connectivity index (χ4n) is 7.66. The molecular weight excluding hydrogens is 631 g/mol. The minimum atomic E-state index is 0.944. The third-order valence-electron chi connectivity index (χ3n) is 10.3. The zero-order chi connectivity index (χ0) is 34.4. The minimum Gasteiger partial charge on any atom is -0.456 e. The van der Waals surface area contributed by atoms with E-state index in [1.807, 2.05) is 0 Å². The lowest BCUT2D eigenvalue weighted by atomic mass is 9.93. The summed E-state index contributed by atoms with van der Waals surface area (Å²) in [4.78, 5) is 2.31. The second-order valence-corrected chi connectivity index (χ2v) is 13.3. The molecule has 2 nitrogen and oxygen atoms in total. The third-order valence-corrected chi connectivity index (χ3v) is 10.3. The number of rotatable bonds is 7. The molecule has 0 aliphatic rings. The summed E-state index contributed by atoms with van der Waals surface area (Å²) in [7, 11) is 0. The highest BCUT2D eigenvalue weighted by Crippen LogP contribution is 2.42. The van der Waals surface area contributed by atoms with Gasteiger partial charge in [0.25, 0.3) is 0 Å². The van der Waals surface area contributed by atoms with Crippen molar-refractivity contribution in [2.45, 2.75) is 0 Å². The van der Waals surface area contributed by atoms with E-state index in [0.717, 1.165) is 28.2 Å². The summed E-state index contributed by atoms with van der Waals surface area (Å²) in [5.74, 6) is 0. The molecule has 0 fully saturated rings. The Morgan fingerprint density at radius 3 is 1.33 bits per heavy atom. The summed E-state index contributed by atoms with van der Waals surface area (Å²) in [5.41, 5.74) is 14.9. The van der Waals surface area contributed by atoms with Crippen molar-refractivity contribution in [3.8, 4) is 44.5 Å². The van der Waals surface area contributed by atoms with Crippen LogP contribution in [0.25, 0.3) is 77.2 Å². The van der Waals surface area contributed by atoms with Gasteiger partial charge in [-0.15, -0.1) is 0 Å². The van der Waals surface area contributed by atoms with Crippen LogP contribution in [0.4, 0.5) is 17.1 Å². The number of nitrogens with zero attached hydrogens (tertiary/aromatic N) is 1. The maximum absolute atomic E-state index is 6.19. The Bertz CT molecular complexity index is 2780. The van der Waals surface area contributed by atoms with Gasteiger partial charge in [-0.3, -0.25) is 0 Å². The fourth-order valence-corrected chi connectivity index (χ4v) is 7.66. The van der Waals surface area contributed by atoms with Gasteiger partial charge in [0.1, 0.15) is 11.2 Å². The van der Waals surface area contributed by atoms with E-state index in [0.29, 0.717) is 0 Å². The Morgan fingerprint density at radius 1 is 0.288 bits per heavy atom. The summed E-state index contributed by atoms with van der Waals surface area (Å²) in [6, 6.07) is 71.6. The van der Waals surface area contributed by atoms with Crippen LogP contribution in [-0.2, 0) is 0 Å². The smallest absolute Gasteiger partial charge is 0.136 e. The predicted molar refractivity (Wildman–Crippen MR) is 219 cm³/mol. The second-order valence-electron chi connectivity index (χ2n) is 13.3. The summed E-state index contributed by atoms with van der Waals surface area (Å²) in [6.45, 7) is 0. The van der Waals surface area contributed by atoms with Crippen LogP contribution in [0.3, 0.4) is 0 Å². The third kappa shape index (κ3) is 5.21. The molecule has 0 radical (unpaired) electrons. The number of furan rings is 1. The Labute approximate surface area is 302 Å². The standard InChI is InChI=1S/C50H33NO/c1-3-8-34(9-4-1)38-22-27-43(28-23-38)51(42-11-5-2-6-12-42)44-29-24-39(25-30-44)36-16-14-35(15-17-36)37-18-20-40(21-19-37)45-32-33-48-50-46(45)31-26-41-10-7-13-47(52-48)49(41)50/h1-33H. The molecule has 2 heteroatoms. The normalized spacial score (nSPS) is 11.5. The molecule has 1 heterocycles. The van der Waals surface area contributed by atoms with E-state index < -0.39 is 0 Å². The van der Waals surface area contributed by atoms with Gasteiger partial charge in [0, 0.05) is 27.8 Å². The molecule has 0 atom stereocenters. The molecule has 0 saturated heterocycles. The first kappa shape index (κ1) is 30.0. The van der Waals surface area contributed by atoms with Crippen LogP contribution >= 0.6 is 0 Å². The maximum atomic E-state index is 6.19. The summed E-state index contributed by atoms with van der Waals surface area (Å²) in [6.07, 6.45) is 0. The van der Waals surface area contributed by atoms with Crippen LogP contribution in [0.1, 0.15) is 0 Å². The SMILES string of the molecule is c1ccc(-c2ccc(N(c3ccccc3)c3ccc(-c4ccc(-c5ccc(-c6ccc7oc8cccc9ccc6c7c98)cc5)cc4)cc3)cc2)cc1. The van der Waals surface area contributed by atoms with E-state index in [1.54, 1.807) is 0 Å². The van der Waals surface area contributed by atoms with Crippen LogP contribution < -0.4 is 4.90 Å². The number of para-hydroxylation sites is 1. The Morgan fingerprint density at radius 2 is 0.750 bits per heavy atom. The molecule has 0 bridgehead atoms. The van der Waals surface area contributed by atoms with E-state index in [4.69, 9.17) is 4.42 Å². The molecule has 10 aromatic rings. The summed E-state index contributed by atoms with van der Waals surface area (Å²) < 4.78 is 6.19. The van der Waals surface area contributed by atoms with E-state index >= 15 is 0 Å². The molecule has 10 rings (SSSR count). The van der Waals surface area contributed by atoms with Gasteiger partial charge in [0.05, 0.1) is 0 Å². The Hall–Kier alpha value is -6.90. The van der Waals surface area contributed by atoms with Gasteiger partial charge in [0.15, 0.2) is 0 Å². The molecule has 0 N–H and O–H groups in total. The van der Waals surface area contributed by atoms with E-state index in [2.05, 4.69) is 205 Å². The van der Waals surface area contributed by atoms with Gasteiger partial charge in [-0.2, -0.15) is 0 Å². The monoisotopic (exact) mass is 663 g/mol. The topological polar surface area (TPSA) is 16.4 Å². The van der Waals surface area contributed by atoms with E-state index in [1.165, 1.54) is 66.1 Å². The largest absolute Gasteiger partial charge is 0.456 e. The number of anilines is 3. The predicted octanol–water partition coefficient (Wildman–Crippen LogP) is 14.3. The second kappa shape index (κ2) is 12.5. The van der Waals surface area contributed by atoms with Crippen LogP contribution in [0, 0.1) is 0 Å². The first-order valence-electron chi connectivity index (χ1n) is 17.8. The van der Waals surface area contributed by atoms with Crippen molar-refractivity contribution >= 4 is 49.8 Å². The van der Waals surface area contributed by atoms with E-state index in [9.17, 15) is 0 Å².